The van der Waals surface area contributed by atoms with Gasteiger partial charge in [-0.05, 0) is 69.0 Å². The first kappa shape index (κ1) is 25.9. The summed E-state index contributed by atoms with van der Waals surface area (Å²) < 4.78 is 1.94. The molecule has 154 valence electrons. The Balaban J connectivity index is 0.000000567. The van der Waals surface area contributed by atoms with Gasteiger partial charge in [0.1, 0.15) is 0 Å². The molecule has 0 spiro atoms. The Morgan fingerprint density at radius 3 is 2.04 bits per heavy atom. The molecule has 2 heterocycles. The van der Waals surface area contributed by atoms with Gasteiger partial charge < -0.3 is 4.57 Å². The van der Waals surface area contributed by atoms with E-state index in [0.717, 1.165) is 25.1 Å². The van der Waals surface area contributed by atoms with E-state index in [1.54, 1.807) is 11.6 Å². The third-order valence-corrected chi connectivity index (χ3v) is 8.03. The first-order valence-electron chi connectivity index (χ1n) is 9.89. The van der Waals surface area contributed by atoms with Gasteiger partial charge in [0.2, 0.25) is 0 Å². The van der Waals surface area contributed by atoms with Gasteiger partial charge in [-0.1, -0.05) is 45.3 Å². The van der Waals surface area contributed by atoms with E-state index in [2.05, 4.69) is 57.8 Å². The van der Waals surface area contributed by atoms with Crippen molar-refractivity contribution in [1.29, 1.82) is 0 Å². The standard InChI is InChI=1S/C18H29NOSi2.C5H5.Co/c1-21(2,3)14-16(22(4,5)6)13-15-9-8-12-19-17(15)10-7-11-18(19)20;1-2-4-5-3-1;/h7,10-11,13-14H,8-9,12H2,1-6H3;1-5H;. The molecule has 3 rings (SSSR count). The zero-order chi connectivity index (χ0) is 20.1. The molecule has 1 aliphatic carbocycles. The van der Waals surface area contributed by atoms with E-state index in [0.29, 0.717) is 0 Å². The van der Waals surface area contributed by atoms with E-state index in [-0.39, 0.29) is 22.3 Å². The van der Waals surface area contributed by atoms with Crippen LogP contribution in [0, 0.1) is 56.0 Å². The third-order valence-electron chi connectivity index (χ3n) is 4.55. The Bertz CT molecular complexity index is 634. The summed E-state index contributed by atoms with van der Waals surface area (Å²) in [6, 6.07) is 8.22. The smallest absolute Gasteiger partial charge is 0.250 e. The van der Waals surface area contributed by atoms with Gasteiger partial charge in [-0.3, -0.25) is 4.79 Å². The first-order valence-corrected chi connectivity index (χ1v) is 17.0. The Kier molecular flexibility index (Phi) is 10.5. The summed E-state index contributed by atoms with van der Waals surface area (Å²) in [6.07, 6.45) is 14.6. The van der Waals surface area contributed by atoms with E-state index in [1.807, 2.05) is 42.7 Å². The van der Waals surface area contributed by atoms with E-state index in [9.17, 15) is 4.79 Å². The van der Waals surface area contributed by atoms with Gasteiger partial charge in [0.15, 0.2) is 0 Å². The maximum atomic E-state index is 12.1. The number of hydrogen-bond acceptors (Lipinski definition) is 1. The molecule has 5 heteroatoms. The fourth-order valence-corrected chi connectivity index (χ4v) is 7.84. The molecule has 0 amide bonds. The van der Waals surface area contributed by atoms with Crippen LogP contribution in [0.2, 0.25) is 39.3 Å². The molecular weight excluding hydrogens is 421 g/mol. The van der Waals surface area contributed by atoms with E-state index < -0.39 is 16.1 Å². The van der Waals surface area contributed by atoms with Gasteiger partial charge in [-0.15, -0.1) is 0 Å². The van der Waals surface area contributed by atoms with Gasteiger partial charge in [0.25, 0.3) is 5.56 Å². The number of aromatic nitrogens is 1. The normalized spacial score (nSPS) is 17.5. The quantitative estimate of drug-likeness (QED) is 0.551. The molecule has 1 saturated carbocycles. The van der Waals surface area contributed by atoms with Crippen LogP contribution in [0.4, 0.5) is 0 Å². The van der Waals surface area contributed by atoms with Crippen LogP contribution in [0.1, 0.15) is 18.5 Å². The third kappa shape index (κ3) is 8.33. The fourth-order valence-electron chi connectivity index (χ4n) is 3.18. The number of pyridine rings is 1. The predicted octanol–water partition coefficient (Wildman–Crippen LogP) is 5.32. The van der Waals surface area contributed by atoms with Crippen LogP contribution in [0.3, 0.4) is 0 Å². The molecule has 1 aliphatic heterocycles. The van der Waals surface area contributed by atoms with Gasteiger partial charge in [0, 0.05) is 49.1 Å². The molecule has 0 unspecified atom stereocenters. The van der Waals surface area contributed by atoms with Crippen molar-refractivity contribution in [3.8, 4) is 0 Å². The summed E-state index contributed by atoms with van der Waals surface area (Å²) >= 11 is 0. The van der Waals surface area contributed by atoms with Crippen molar-refractivity contribution in [1.82, 2.24) is 4.57 Å². The van der Waals surface area contributed by atoms with Crippen molar-refractivity contribution in [2.24, 2.45) is 0 Å². The molecule has 28 heavy (non-hydrogen) atoms. The summed E-state index contributed by atoms with van der Waals surface area (Å²) in [5.74, 6) is 1.34. The summed E-state index contributed by atoms with van der Waals surface area (Å²) in [7, 11) is -2.64. The molecule has 0 N–H and O–H groups in total. The van der Waals surface area contributed by atoms with Crippen LogP contribution in [0.25, 0.3) is 0 Å². The van der Waals surface area contributed by atoms with Crippen LogP contribution in [-0.2, 0) is 23.3 Å². The number of fused-ring (bicyclic) bond motifs is 1. The van der Waals surface area contributed by atoms with Gasteiger partial charge >= 0.3 is 0 Å². The second kappa shape index (κ2) is 11.3. The molecule has 0 atom stereocenters. The SMILES string of the molecule is C[Si](C)(C)[CH][C]([CH][C]1CCCn2c1cccc2=O)[Si](C)(C)C.[CH]1[CH][CH][CH][CH]1.[Co]. The Hall–Kier alpha value is -0.110. The molecule has 0 saturated heterocycles. The molecule has 1 fully saturated rings. The monoisotopic (exact) mass is 455 g/mol. The van der Waals surface area contributed by atoms with Crippen molar-refractivity contribution in [3.63, 3.8) is 0 Å². The second-order valence-corrected chi connectivity index (χ2v) is 19.5. The van der Waals surface area contributed by atoms with Crippen molar-refractivity contribution >= 4 is 16.1 Å². The van der Waals surface area contributed by atoms with Crippen LogP contribution >= 0.6 is 0 Å². The average Bonchev–Trinajstić information content (AvgIpc) is 3.13. The molecule has 2 nitrogen and oxygen atoms in total. The van der Waals surface area contributed by atoms with Gasteiger partial charge in [-0.2, -0.15) is 0 Å². The number of nitrogens with zero attached hydrogens (tertiary/aromatic N) is 1. The van der Waals surface area contributed by atoms with Crippen LogP contribution in [0.5, 0.6) is 0 Å². The van der Waals surface area contributed by atoms with Crippen molar-refractivity contribution in [2.75, 3.05) is 0 Å². The molecule has 0 aromatic carbocycles. The molecular formula is C23H34CoNOSi2. The van der Waals surface area contributed by atoms with Crippen molar-refractivity contribution < 1.29 is 16.8 Å². The summed E-state index contributed by atoms with van der Waals surface area (Å²) in [4.78, 5) is 12.1. The summed E-state index contributed by atoms with van der Waals surface area (Å²) in [5.41, 5.74) is 2.80. The largest absolute Gasteiger partial charge is 0.312 e. The minimum atomic E-state index is -1.38. The fraction of sp³-hybridized carbons (Fsp3) is 0.391. The predicted molar refractivity (Wildman–Crippen MR) is 122 cm³/mol. The van der Waals surface area contributed by atoms with Crippen molar-refractivity contribution in [3.05, 3.63) is 90.3 Å². The summed E-state index contributed by atoms with van der Waals surface area (Å²) in [5, 5.41) is 0. The zero-order valence-corrected chi connectivity index (χ0v) is 21.1. The van der Waals surface area contributed by atoms with Crippen LogP contribution in [-0.4, -0.2) is 20.7 Å². The van der Waals surface area contributed by atoms with E-state index in [4.69, 9.17) is 0 Å². The maximum Gasteiger partial charge on any atom is 0.250 e. The average molecular weight is 456 g/mol. The van der Waals surface area contributed by atoms with Crippen molar-refractivity contribution in [2.45, 2.75) is 58.7 Å². The minimum Gasteiger partial charge on any atom is -0.312 e. The Morgan fingerprint density at radius 2 is 1.54 bits per heavy atom. The molecule has 0 bridgehead atoms. The summed E-state index contributed by atoms with van der Waals surface area (Å²) in [6.45, 7) is 15.3. The molecule has 2 aliphatic rings. The van der Waals surface area contributed by atoms with E-state index >= 15 is 0 Å². The maximum absolute atomic E-state index is 12.1. The van der Waals surface area contributed by atoms with E-state index in [1.165, 1.54) is 5.92 Å². The van der Waals surface area contributed by atoms with Gasteiger partial charge in [0.05, 0.1) is 8.07 Å². The van der Waals surface area contributed by atoms with Crippen LogP contribution < -0.4 is 5.56 Å². The van der Waals surface area contributed by atoms with Crippen LogP contribution in [0.15, 0.2) is 23.0 Å². The Morgan fingerprint density at radius 1 is 0.964 bits per heavy atom. The Labute approximate surface area is 186 Å². The molecule has 1 aromatic heterocycles. The van der Waals surface area contributed by atoms with Gasteiger partial charge in [-0.25, -0.2) is 0 Å². The first-order chi connectivity index (χ1) is 12.6. The molecule has 10 radical (unpaired) electrons. The topological polar surface area (TPSA) is 22.0 Å². The second-order valence-electron chi connectivity index (χ2n) is 9.35. The number of hydrogen-bond donors (Lipinski definition) is 0. The minimum absolute atomic E-state index is 0. The molecule has 1 aromatic rings. The zero-order valence-electron chi connectivity index (χ0n) is 18.1. The number of rotatable bonds is 5.